The Hall–Kier alpha value is -0.600. The molecule has 0 atom stereocenters. The fourth-order valence-corrected chi connectivity index (χ4v) is 4.47. The predicted molar refractivity (Wildman–Crippen MR) is 84.9 cm³/mol. The van der Waals surface area contributed by atoms with E-state index in [1.165, 1.54) is 6.07 Å². The van der Waals surface area contributed by atoms with Gasteiger partial charge in [0.2, 0.25) is 0 Å². The van der Waals surface area contributed by atoms with Crippen molar-refractivity contribution in [1.29, 1.82) is 0 Å². The lowest BCUT2D eigenvalue weighted by molar-refractivity contribution is 0.285. The SMILES string of the molecule is Cc1cc(S(=O)(=O)Nc2ccc(Br)c(Cl)c2)sc1CO. The highest BCUT2D eigenvalue weighted by Gasteiger charge is 2.19. The second-order valence-electron chi connectivity index (χ2n) is 4.06. The molecule has 0 unspecified atom stereocenters. The van der Waals surface area contributed by atoms with Crippen molar-refractivity contribution in [2.24, 2.45) is 0 Å². The van der Waals surface area contributed by atoms with Crippen LogP contribution in [-0.4, -0.2) is 13.5 Å². The molecule has 8 heteroatoms. The third-order valence-electron chi connectivity index (χ3n) is 2.58. The topological polar surface area (TPSA) is 66.4 Å². The Kier molecular flexibility index (Phi) is 4.76. The number of aliphatic hydroxyl groups excluding tert-OH is 1. The average molecular weight is 397 g/mol. The molecule has 0 radical (unpaired) electrons. The van der Waals surface area contributed by atoms with Crippen molar-refractivity contribution < 1.29 is 13.5 Å². The molecule has 0 spiro atoms. The van der Waals surface area contributed by atoms with Gasteiger partial charge in [0.05, 0.1) is 17.3 Å². The summed E-state index contributed by atoms with van der Waals surface area (Å²) in [6, 6.07) is 6.34. The molecule has 0 fully saturated rings. The van der Waals surface area contributed by atoms with Crippen LogP contribution in [0, 0.1) is 6.92 Å². The van der Waals surface area contributed by atoms with E-state index in [1.54, 1.807) is 25.1 Å². The number of sulfonamides is 1. The number of anilines is 1. The summed E-state index contributed by atoms with van der Waals surface area (Å²) in [7, 11) is -3.67. The van der Waals surface area contributed by atoms with Gasteiger partial charge in [-0.15, -0.1) is 11.3 Å². The standard InChI is InChI=1S/C12H11BrClNO3S2/c1-7-4-12(19-11(7)6-16)20(17,18)15-8-2-3-9(13)10(14)5-8/h2-5,15-16H,6H2,1H3. The minimum Gasteiger partial charge on any atom is -0.391 e. The minimum absolute atomic E-state index is 0.165. The summed E-state index contributed by atoms with van der Waals surface area (Å²) in [6.45, 7) is 1.59. The molecular formula is C12H11BrClNO3S2. The first kappa shape index (κ1) is 15.8. The maximum absolute atomic E-state index is 12.2. The number of aryl methyl sites for hydroxylation is 1. The number of rotatable bonds is 4. The Morgan fingerprint density at radius 1 is 1.40 bits per heavy atom. The summed E-state index contributed by atoms with van der Waals surface area (Å²) in [5.74, 6) is 0. The zero-order valence-electron chi connectivity index (χ0n) is 10.4. The van der Waals surface area contributed by atoms with Crippen LogP contribution >= 0.6 is 38.9 Å². The van der Waals surface area contributed by atoms with Crippen LogP contribution in [0.4, 0.5) is 5.69 Å². The van der Waals surface area contributed by atoms with Crippen LogP contribution in [0.5, 0.6) is 0 Å². The Morgan fingerprint density at radius 2 is 2.10 bits per heavy atom. The lowest BCUT2D eigenvalue weighted by Gasteiger charge is -2.07. The zero-order valence-corrected chi connectivity index (χ0v) is 14.3. The van der Waals surface area contributed by atoms with Gasteiger partial charge >= 0.3 is 0 Å². The van der Waals surface area contributed by atoms with E-state index < -0.39 is 10.0 Å². The van der Waals surface area contributed by atoms with Crippen molar-refractivity contribution in [3.8, 4) is 0 Å². The molecule has 2 rings (SSSR count). The largest absolute Gasteiger partial charge is 0.391 e. The summed E-state index contributed by atoms with van der Waals surface area (Å²) in [4.78, 5) is 0.638. The maximum Gasteiger partial charge on any atom is 0.271 e. The highest BCUT2D eigenvalue weighted by atomic mass is 79.9. The van der Waals surface area contributed by atoms with E-state index in [4.69, 9.17) is 16.7 Å². The monoisotopic (exact) mass is 395 g/mol. The van der Waals surface area contributed by atoms with Crippen molar-refractivity contribution in [3.63, 3.8) is 0 Å². The Morgan fingerprint density at radius 3 is 2.65 bits per heavy atom. The van der Waals surface area contributed by atoms with Gasteiger partial charge in [-0.3, -0.25) is 4.72 Å². The molecule has 0 saturated heterocycles. The number of benzene rings is 1. The summed E-state index contributed by atoms with van der Waals surface area (Å²) in [5.41, 5.74) is 1.14. The molecule has 0 aliphatic rings. The lowest BCUT2D eigenvalue weighted by atomic mass is 10.3. The zero-order chi connectivity index (χ0) is 14.9. The number of aliphatic hydroxyl groups is 1. The normalized spacial score (nSPS) is 11.6. The fraction of sp³-hybridized carbons (Fsp3) is 0.167. The molecule has 108 valence electrons. The second kappa shape index (κ2) is 6.03. The molecule has 0 bridgehead atoms. The van der Waals surface area contributed by atoms with Gasteiger partial charge in [0.15, 0.2) is 0 Å². The molecule has 20 heavy (non-hydrogen) atoms. The van der Waals surface area contributed by atoms with Crippen molar-refractivity contribution in [2.45, 2.75) is 17.7 Å². The quantitative estimate of drug-likeness (QED) is 0.827. The lowest BCUT2D eigenvalue weighted by Crippen LogP contribution is -2.11. The van der Waals surface area contributed by atoms with E-state index in [-0.39, 0.29) is 10.8 Å². The molecule has 1 aromatic carbocycles. The maximum atomic E-state index is 12.2. The van der Waals surface area contributed by atoms with Gasteiger partial charge in [-0.2, -0.15) is 0 Å². The molecule has 0 amide bonds. The molecule has 1 aromatic heterocycles. The number of hydrogen-bond acceptors (Lipinski definition) is 4. The number of hydrogen-bond donors (Lipinski definition) is 2. The third-order valence-corrected chi connectivity index (χ3v) is 6.89. The number of halogens is 2. The number of thiophene rings is 1. The first-order valence-electron chi connectivity index (χ1n) is 5.51. The van der Waals surface area contributed by atoms with Crippen LogP contribution in [0.2, 0.25) is 5.02 Å². The summed E-state index contributed by atoms with van der Waals surface area (Å²) in [6.07, 6.45) is 0. The van der Waals surface area contributed by atoms with Crippen molar-refractivity contribution in [1.82, 2.24) is 0 Å². The number of nitrogens with one attached hydrogen (secondary N) is 1. The van der Waals surface area contributed by atoms with Gasteiger partial charge in [0, 0.05) is 9.35 Å². The van der Waals surface area contributed by atoms with E-state index in [1.807, 2.05) is 0 Å². The summed E-state index contributed by atoms with van der Waals surface area (Å²) in [5, 5.41) is 9.55. The van der Waals surface area contributed by atoms with E-state index in [0.29, 0.717) is 20.1 Å². The van der Waals surface area contributed by atoms with Gasteiger partial charge in [0.25, 0.3) is 10.0 Å². The first-order chi connectivity index (χ1) is 9.33. The van der Waals surface area contributed by atoms with Crippen molar-refractivity contribution >= 4 is 54.6 Å². The van der Waals surface area contributed by atoms with E-state index >= 15 is 0 Å². The predicted octanol–water partition coefficient (Wildman–Crippen LogP) is 3.77. The van der Waals surface area contributed by atoms with E-state index in [2.05, 4.69) is 20.7 Å². The molecule has 1 heterocycles. The van der Waals surface area contributed by atoms with Crippen molar-refractivity contribution in [2.75, 3.05) is 4.72 Å². The van der Waals surface area contributed by atoms with Crippen LogP contribution < -0.4 is 4.72 Å². The van der Waals surface area contributed by atoms with Gasteiger partial charge in [-0.25, -0.2) is 8.42 Å². The molecule has 4 nitrogen and oxygen atoms in total. The van der Waals surface area contributed by atoms with E-state index in [9.17, 15) is 8.42 Å². The molecule has 2 aromatic rings. The van der Waals surface area contributed by atoms with Gasteiger partial charge < -0.3 is 5.11 Å². The van der Waals surface area contributed by atoms with Crippen molar-refractivity contribution in [3.05, 3.63) is 44.2 Å². The molecule has 2 N–H and O–H groups in total. The highest BCUT2D eigenvalue weighted by molar-refractivity contribution is 9.10. The third kappa shape index (κ3) is 3.35. The Labute approximate surface area is 134 Å². The fourth-order valence-electron chi connectivity index (χ4n) is 1.54. The smallest absolute Gasteiger partial charge is 0.271 e. The van der Waals surface area contributed by atoms with Crippen LogP contribution in [0.1, 0.15) is 10.4 Å². The minimum atomic E-state index is -3.67. The highest BCUT2D eigenvalue weighted by Crippen LogP contribution is 2.30. The van der Waals surface area contributed by atoms with Crippen LogP contribution in [0.25, 0.3) is 0 Å². The van der Waals surface area contributed by atoms with E-state index in [0.717, 1.165) is 16.9 Å². The van der Waals surface area contributed by atoms with Crippen LogP contribution in [-0.2, 0) is 16.6 Å². The molecular weight excluding hydrogens is 386 g/mol. The average Bonchev–Trinajstić information content (AvgIpc) is 2.76. The Bertz CT molecular complexity index is 743. The first-order valence-corrected chi connectivity index (χ1v) is 8.98. The van der Waals surface area contributed by atoms with Crippen LogP contribution in [0.15, 0.2) is 32.9 Å². The van der Waals surface area contributed by atoms with Gasteiger partial charge in [-0.05, 0) is 52.7 Å². The summed E-state index contributed by atoms with van der Waals surface area (Å²) >= 11 is 10.2. The molecule has 0 saturated carbocycles. The Balaban J connectivity index is 2.32. The molecule has 0 aliphatic heterocycles. The summed E-state index contributed by atoms with van der Waals surface area (Å²) < 4.78 is 27.8. The van der Waals surface area contributed by atoms with Crippen LogP contribution in [0.3, 0.4) is 0 Å². The second-order valence-corrected chi connectivity index (χ2v) is 8.37. The van der Waals surface area contributed by atoms with Gasteiger partial charge in [0.1, 0.15) is 4.21 Å². The molecule has 0 aliphatic carbocycles. The van der Waals surface area contributed by atoms with Gasteiger partial charge in [-0.1, -0.05) is 11.6 Å².